The van der Waals surface area contributed by atoms with Crippen LogP contribution in [0, 0.1) is 0 Å². The molecule has 1 unspecified atom stereocenters. The maximum absolute atomic E-state index is 6.21. The van der Waals surface area contributed by atoms with Crippen LogP contribution in [0.5, 0.6) is 5.75 Å². The van der Waals surface area contributed by atoms with Crippen LogP contribution in [0.15, 0.2) is 24.3 Å². The van der Waals surface area contributed by atoms with Gasteiger partial charge in [0.05, 0.1) is 12.8 Å². The van der Waals surface area contributed by atoms with Gasteiger partial charge in [-0.3, -0.25) is 4.68 Å². The van der Waals surface area contributed by atoms with Crippen molar-refractivity contribution in [2.75, 3.05) is 12.8 Å². The Labute approximate surface area is 120 Å². The van der Waals surface area contributed by atoms with Crippen molar-refractivity contribution >= 4 is 5.82 Å². The van der Waals surface area contributed by atoms with E-state index in [-0.39, 0.29) is 0 Å². The molecule has 108 valence electrons. The van der Waals surface area contributed by atoms with Crippen molar-refractivity contribution in [3.63, 3.8) is 0 Å². The normalized spacial score (nSPS) is 12.4. The van der Waals surface area contributed by atoms with Gasteiger partial charge < -0.3 is 10.5 Å². The average molecular weight is 273 g/mol. The third-order valence-electron chi connectivity index (χ3n) is 3.69. The van der Waals surface area contributed by atoms with E-state index in [1.807, 2.05) is 31.3 Å². The fourth-order valence-electron chi connectivity index (χ4n) is 2.53. The van der Waals surface area contributed by atoms with Crippen molar-refractivity contribution in [2.45, 2.75) is 32.6 Å². The van der Waals surface area contributed by atoms with Gasteiger partial charge in [0.1, 0.15) is 11.6 Å². The van der Waals surface area contributed by atoms with E-state index >= 15 is 0 Å². The molecule has 1 aromatic heterocycles. The minimum Gasteiger partial charge on any atom is -0.497 e. The first-order valence-corrected chi connectivity index (χ1v) is 7.05. The summed E-state index contributed by atoms with van der Waals surface area (Å²) in [6, 6.07) is 7.98. The molecule has 0 aliphatic carbocycles. The molecule has 0 saturated heterocycles. The van der Waals surface area contributed by atoms with Crippen LogP contribution >= 0.6 is 0 Å². The average Bonchev–Trinajstić information content (AvgIpc) is 2.75. The Kier molecular flexibility index (Phi) is 4.32. The van der Waals surface area contributed by atoms with E-state index in [4.69, 9.17) is 10.5 Å². The van der Waals surface area contributed by atoms with Crippen molar-refractivity contribution in [3.05, 3.63) is 30.0 Å². The minimum absolute atomic E-state index is 0.403. The first kappa shape index (κ1) is 14.4. The molecule has 4 heteroatoms. The van der Waals surface area contributed by atoms with Crippen LogP contribution in [-0.2, 0) is 7.05 Å². The lowest BCUT2D eigenvalue weighted by molar-refractivity contribution is 0.415. The van der Waals surface area contributed by atoms with Crippen LogP contribution in [-0.4, -0.2) is 16.9 Å². The second-order valence-electron chi connectivity index (χ2n) is 5.19. The summed E-state index contributed by atoms with van der Waals surface area (Å²) in [4.78, 5) is 0. The van der Waals surface area contributed by atoms with Crippen molar-refractivity contribution < 1.29 is 4.74 Å². The largest absolute Gasteiger partial charge is 0.497 e. The quantitative estimate of drug-likeness (QED) is 0.906. The molecular weight excluding hydrogens is 250 g/mol. The van der Waals surface area contributed by atoms with Gasteiger partial charge in [0.15, 0.2) is 0 Å². The Bertz CT molecular complexity index is 572. The molecule has 0 amide bonds. The highest BCUT2D eigenvalue weighted by atomic mass is 16.5. The Hall–Kier alpha value is -1.97. The molecule has 2 rings (SSSR count). The van der Waals surface area contributed by atoms with Crippen LogP contribution in [0.25, 0.3) is 11.1 Å². The number of rotatable bonds is 5. The molecule has 0 fully saturated rings. The lowest BCUT2D eigenvalue weighted by Gasteiger charge is -2.10. The number of hydrogen-bond donors (Lipinski definition) is 1. The van der Waals surface area contributed by atoms with Crippen molar-refractivity contribution in [1.82, 2.24) is 9.78 Å². The molecule has 0 aliphatic rings. The molecule has 1 heterocycles. The molecular formula is C16H23N3O. The smallest absolute Gasteiger partial charge is 0.129 e. The van der Waals surface area contributed by atoms with Gasteiger partial charge >= 0.3 is 0 Å². The van der Waals surface area contributed by atoms with Gasteiger partial charge in [-0.1, -0.05) is 32.4 Å². The lowest BCUT2D eigenvalue weighted by atomic mass is 9.95. The topological polar surface area (TPSA) is 53.1 Å². The predicted molar refractivity (Wildman–Crippen MR) is 82.9 cm³/mol. The molecule has 0 spiro atoms. The highest BCUT2D eigenvalue weighted by Gasteiger charge is 2.20. The van der Waals surface area contributed by atoms with Crippen LogP contribution < -0.4 is 10.5 Å². The van der Waals surface area contributed by atoms with Crippen molar-refractivity contribution in [1.29, 1.82) is 0 Å². The summed E-state index contributed by atoms with van der Waals surface area (Å²) in [5.74, 6) is 1.97. The number of anilines is 1. The van der Waals surface area contributed by atoms with Crippen molar-refractivity contribution in [3.8, 4) is 16.9 Å². The van der Waals surface area contributed by atoms with Gasteiger partial charge in [0, 0.05) is 18.5 Å². The molecule has 20 heavy (non-hydrogen) atoms. The summed E-state index contributed by atoms with van der Waals surface area (Å²) in [6.45, 7) is 4.40. The lowest BCUT2D eigenvalue weighted by Crippen LogP contribution is -1.98. The standard InChI is InChI=1S/C16H23N3O/c1-5-6-11(2)15-14(16(17)19(3)18-15)12-7-9-13(20-4)10-8-12/h7-11H,5-6,17H2,1-4H3. The monoisotopic (exact) mass is 273 g/mol. The van der Waals surface area contributed by atoms with Crippen LogP contribution in [0.2, 0.25) is 0 Å². The van der Waals surface area contributed by atoms with Crippen LogP contribution in [0.3, 0.4) is 0 Å². The van der Waals surface area contributed by atoms with Gasteiger partial charge in [-0.2, -0.15) is 5.10 Å². The zero-order valence-electron chi connectivity index (χ0n) is 12.7. The number of aromatic nitrogens is 2. The summed E-state index contributed by atoms with van der Waals surface area (Å²) in [5, 5.41) is 4.61. The van der Waals surface area contributed by atoms with E-state index in [1.165, 1.54) is 0 Å². The summed E-state index contributed by atoms with van der Waals surface area (Å²) < 4.78 is 6.97. The molecule has 0 aliphatic heterocycles. The van der Waals surface area contributed by atoms with E-state index in [0.717, 1.165) is 35.4 Å². The van der Waals surface area contributed by atoms with E-state index in [1.54, 1.807) is 11.8 Å². The number of benzene rings is 1. The molecule has 0 radical (unpaired) electrons. The highest BCUT2D eigenvalue weighted by Crippen LogP contribution is 2.35. The molecule has 0 saturated carbocycles. The Morgan fingerprint density at radius 3 is 2.50 bits per heavy atom. The first-order valence-electron chi connectivity index (χ1n) is 7.05. The Balaban J connectivity index is 2.48. The van der Waals surface area contributed by atoms with Crippen LogP contribution in [0.4, 0.5) is 5.82 Å². The first-order chi connectivity index (χ1) is 9.58. The van der Waals surface area contributed by atoms with Gasteiger partial charge in [-0.25, -0.2) is 0 Å². The van der Waals surface area contributed by atoms with Crippen molar-refractivity contribution in [2.24, 2.45) is 7.05 Å². The Morgan fingerprint density at radius 1 is 1.30 bits per heavy atom. The number of hydrogen-bond acceptors (Lipinski definition) is 3. The highest BCUT2D eigenvalue weighted by molar-refractivity contribution is 5.77. The summed E-state index contributed by atoms with van der Waals surface area (Å²) in [6.07, 6.45) is 2.25. The SMILES string of the molecule is CCCC(C)c1nn(C)c(N)c1-c1ccc(OC)cc1. The summed E-state index contributed by atoms with van der Waals surface area (Å²) in [7, 11) is 3.56. The van der Waals surface area contributed by atoms with Gasteiger partial charge in [-0.05, 0) is 24.1 Å². The zero-order chi connectivity index (χ0) is 14.7. The number of ether oxygens (including phenoxy) is 1. The summed E-state index contributed by atoms with van der Waals surface area (Å²) in [5.41, 5.74) is 9.43. The van der Waals surface area contributed by atoms with Gasteiger partial charge in [0.2, 0.25) is 0 Å². The second kappa shape index (κ2) is 5.99. The van der Waals surface area contributed by atoms with E-state index < -0.39 is 0 Å². The van der Waals surface area contributed by atoms with E-state index in [9.17, 15) is 0 Å². The fraction of sp³-hybridized carbons (Fsp3) is 0.438. The number of nitrogens with zero attached hydrogens (tertiary/aromatic N) is 2. The number of aryl methyl sites for hydroxylation is 1. The van der Waals surface area contributed by atoms with E-state index in [0.29, 0.717) is 11.7 Å². The maximum atomic E-state index is 6.21. The van der Waals surface area contributed by atoms with Crippen LogP contribution in [0.1, 0.15) is 38.3 Å². The number of nitrogens with two attached hydrogens (primary N) is 1. The van der Waals surface area contributed by atoms with Gasteiger partial charge in [-0.15, -0.1) is 0 Å². The third kappa shape index (κ3) is 2.64. The molecule has 4 nitrogen and oxygen atoms in total. The van der Waals surface area contributed by atoms with E-state index in [2.05, 4.69) is 18.9 Å². The molecule has 2 N–H and O–H groups in total. The second-order valence-corrected chi connectivity index (χ2v) is 5.19. The maximum Gasteiger partial charge on any atom is 0.129 e. The molecule has 2 aromatic rings. The number of methoxy groups -OCH3 is 1. The minimum atomic E-state index is 0.403. The zero-order valence-corrected chi connectivity index (χ0v) is 12.7. The summed E-state index contributed by atoms with van der Waals surface area (Å²) >= 11 is 0. The Morgan fingerprint density at radius 2 is 1.95 bits per heavy atom. The molecule has 0 bridgehead atoms. The molecule has 1 aromatic carbocycles. The third-order valence-corrected chi connectivity index (χ3v) is 3.69. The fourth-order valence-corrected chi connectivity index (χ4v) is 2.53. The van der Waals surface area contributed by atoms with Gasteiger partial charge in [0.25, 0.3) is 0 Å². The number of nitrogen functional groups attached to an aromatic ring is 1. The predicted octanol–water partition coefficient (Wildman–Crippen LogP) is 3.58. The molecule has 1 atom stereocenters.